The third-order valence-corrected chi connectivity index (χ3v) is 2.44. The molecule has 0 spiro atoms. The van der Waals surface area contributed by atoms with E-state index in [0.29, 0.717) is 11.6 Å². The average molecular weight is 242 g/mol. The minimum Gasteiger partial charge on any atom is -0.465 e. The number of hydrogen-bond donors (Lipinski definition) is 1. The minimum absolute atomic E-state index is 0.0723. The summed E-state index contributed by atoms with van der Waals surface area (Å²) < 4.78 is 4.82. The monoisotopic (exact) mass is 241 g/mol. The molecule has 1 aromatic rings. The molecule has 0 saturated carbocycles. The number of carbonyl (C=O) groups excluding carboxylic acids is 1. The highest BCUT2D eigenvalue weighted by molar-refractivity contribution is 6.30. The minimum atomic E-state index is -0.239. The molecule has 0 fully saturated rings. The van der Waals surface area contributed by atoms with E-state index in [9.17, 15) is 4.79 Å². The highest BCUT2D eigenvalue weighted by Crippen LogP contribution is 2.16. The van der Waals surface area contributed by atoms with Gasteiger partial charge in [-0.3, -0.25) is 4.79 Å². The molecular weight excluding hydrogens is 226 g/mol. The van der Waals surface area contributed by atoms with Crippen LogP contribution in [0.15, 0.2) is 24.3 Å². The van der Waals surface area contributed by atoms with Crippen LogP contribution in [0.5, 0.6) is 0 Å². The van der Waals surface area contributed by atoms with Crippen LogP contribution in [0, 0.1) is 0 Å². The molecule has 1 aromatic carbocycles. The molecule has 1 atom stereocenters. The van der Waals surface area contributed by atoms with Crippen molar-refractivity contribution >= 4 is 17.6 Å². The highest BCUT2D eigenvalue weighted by Gasteiger charge is 2.08. The molecule has 0 aliphatic rings. The van der Waals surface area contributed by atoms with Crippen molar-refractivity contribution in [3.8, 4) is 0 Å². The fraction of sp³-hybridized carbons (Fsp3) is 0.417. The molecule has 3 nitrogen and oxygen atoms in total. The van der Waals surface area contributed by atoms with Gasteiger partial charge in [0.05, 0.1) is 13.2 Å². The molecule has 0 aliphatic heterocycles. The van der Waals surface area contributed by atoms with Gasteiger partial charge in [-0.1, -0.05) is 23.7 Å². The molecule has 0 aromatic heterocycles. The lowest BCUT2D eigenvalue weighted by atomic mass is 10.1. The van der Waals surface area contributed by atoms with E-state index in [1.165, 1.54) is 0 Å². The molecule has 1 N–H and O–H groups in total. The Morgan fingerprint density at radius 3 is 2.94 bits per heavy atom. The largest absolute Gasteiger partial charge is 0.465 e. The summed E-state index contributed by atoms with van der Waals surface area (Å²) >= 11 is 5.88. The summed E-state index contributed by atoms with van der Waals surface area (Å²) in [4.78, 5) is 11.1. The summed E-state index contributed by atoms with van der Waals surface area (Å²) in [6.45, 7) is 4.39. The molecule has 0 amide bonds. The number of benzene rings is 1. The van der Waals surface area contributed by atoms with Crippen LogP contribution in [0.2, 0.25) is 5.02 Å². The molecule has 0 aliphatic carbocycles. The van der Waals surface area contributed by atoms with Crippen LogP contribution >= 0.6 is 11.6 Å². The lowest BCUT2D eigenvalue weighted by Crippen LogP contribution is -2.27. The van der Waals surface area contributed by atoms with E-state index in [1.54, 1.807) is 6.92 Å². The summed E-state index contributed by atoms with van der Waals surface area (Å²) in [7, 11) is 0. The van der Waals surface area contributed by atoms with Crippen molar-refractivity contribution in [2.24, 2.45) is 0 Å². The Hall–Kier alpha value is -1.06. The molecule has 0 saturated heterocycles. The quantitative estimate of drug-likeness (QED) is 0.806. The normalized spacial score (nSPS) is 12.2. The van der Waals surface area contributed by atoms with Gasteiger partial charge in [0.25, 0.3) is 0 Å². The zero-order chi connectivity index (χ0) is 12.0. The first kappa shape index (κ1) is 13.0. The zero-order valence-corrected chi connectivity index (χ0v) is 10.3. The van der Waals surface area contributed by atoms with Crippen LogP contribution < -0.4 is 5.32 Å². The molecule has 4 heteroatoms. The van der Waals surface area contributed by atoms with Gasteiger partial charge in [-0.15, -0.1) is 0 Å². The lowest BCUT2D eigenvalue weighted by Gasteiger charge is -2.13. The van der Waals surface area contributed by atoms with Gasteiger partial charge in [-0.05, 0) is 31.5 Å². The SMILES string of the molecule is CCOC(=O)CNC(C)c1cccc(Cl)c1. The Balaban J connectivity index is 2.46. The molecule has 1 unspecified atom stereocenters. The van der Waals surface area contributed by atoms with Crippen LogP contribution in [0.3, 0.4) is 0 Å². The van der Waals surface area contributed by atoms with Crippen LogP contribution in [0.25, 0.3) is 0 Å². The second kappa shape index (κ2) is 6.51. The topological polar surface area (TPSA) is 38.3 Å². The molecule has 0 heterocycles. The Kier molecular flexibility index (Phi) is 5.29. The van der Waals surface area contributed by atoms with Gasteiger partial charge in [0, 0.05) is 11.1 Å². The number of hydrogen-bond acceptors (Lipinski definition) is 3. The van der Waals surface area contributed by atoms with Gasteiger partial charge < -0.3 is 10.1 Å². The molecule has 88 valence electrons. The molecule has 1 rings (SSSR count). The standard InChI is InChI=1S/C12H16ClNO2/c1-3-16-12(15)8-14-9(2)10-5-4-6-11(13)7-10/h4-7,9,14H,3,8H2,1-2H3. The van der Waals surface area contributed by atoms with E-state index >= 15 is 0 Å². The summed E-state index contributed by atoms with van der Waals surface area (Å²) in [6, 6.07) is 7.63. The van der Waals surface area contributed by atoms with Gasteiger partial charge in [0.1, 0.15) is 0 Å². The fourth-order valence-corrected chi connectivity index (χ4v) is 1.54. The summed E-state index contributed by atoms with van der Waals surface area (Å²) in [5.41, 5.74) is 1.05. The summed E-state index contributed by atoms with van der Waals surface area (Å²) in [5.74, 6) is -0.239. The van der Waals surface area contributed by atoms with Gasteiger partial charge in [0.15, 0.2) is 0 Å². The van der Waals surface area contributed by atoms with Crippen molar-refractivity contribution in [3.63, 3.8) is 0 Å². The first-order valence-corrected chi connectivity index (χ1v) is 5.65. The number of rotatable bonds is 5. The van der Waals surface area contributed by atoms with Gasteiger partial charge in [-0.25, -0.2) is 0 Å². The first-order chi connectivity index (χ1) is 7.63. The van der Waals surface area contributed by atoms with Crippen LogP contribution in [0.4, 0.5) is 0 Å². The molecular formula is C12H16ClNO2. The zero-order valence-electron chi connectivity index (χ0n) is 9.50. The lowest BCUT2D eigenvalue weighted by molar-refractivity contribution is -0.142. The number of carbonyl (C=O) groups is 1. The number of esters is 1. The summed E-state index contributed by atoms with van der Waals surface area (Å²) in [5, 5.41) is 3.77. The van der Waals surface area contributed by atoms with Crippen LogP contribution in [-0.2, 0) is 9.53 Å². The maximum absolute atomic E-state index is 11.1. The van der Waals surface area contributed by atoms with Crippen LogP contribution in [0.1, 0.15) is 25.5 Å². The van der Waals surface area contributed by atoms with Gasteiger partial charge in [-0.2, -0.15) is 0 Å². The first-order valence-electron chi connectivity index (χ1n) is 5.28. The third kappa shape index (κ3) is 4.21. The van der Waals surface area contributed by atoms with Crippen molar-refractivity contribution < 1.29 is 9.53 Å². The van der Waals surface area contributed by atoms with Crippen LogP contribution in [-0.4, -0.2) is 19.1 Å². The Morgan fingerprint density at radius 2 is 2.31 bits per heavy atom. The third-order valence-electron chi connectivity index (χ3n) is 2.21. The molecule has 0 bridgehead atoms. The van der Waals surface area contributed by atoms with Crippen molar-refractivity contribution in [2.75, 3.05) is 13.2 Å². The van der Waals surface area contributed by atoms with E-state index in [1.807, 2.05) is 31.2 Å². The molecule has 0 radical (unpaired) electrons. The number of ether oxygens (including phenoxy) is 1. The predicted molar refractivity (Wildman–Crippen MR) is 64.5 cm³/mol. The predicted octanol–water partition coefficient (Wildman–Crippen LogP) is 2.55. The second-order valence-corrected chi connectivity index (χ2v) is 3.90. The van der Waals surface area contributed by atoms with Crippen molar-refractivity contribution in [1.82, 2.24) is 5.32 Å². The second-order valence-electron chi connectivity index (χ2n) is 3.46. The van der Waals surface area contributed by atoms with Crippen molar-refractivity contribution in [2.45, 2.75) is 19.9 Å². The number of halogens is 1. The van der Waals surface area contributed by atoms with E-state index in [-0.39, 0.29) is 18.6 Å². The van der Waals surface area contributed by atoms with Crippen molar-refractivity contribution in [3.05, 3.63) is 34.9 Å². The highest BCUT2D eigenvalue weighted by atomic mass is 35.5. The average Bonchev–Trinajstić information content (AvgIpc) is 2.26. The smallest absolute Gasteiger partial charge is 0.319 e. The molecule has 16 heavy (non-hydrogen) atoms. The summed E-state index contributed by atoms with van der Waals surface area (Å²) in [6.07, 6.45) is 0. The van der Waals surface area contributed by atoms with E-state index < -0.39 is 0 Å². The Labute approximate surface area is 101 Å². The van der Waals surface area contributed by atoms with Gasteiger partial charge >= 0.3 is 5.97 Å². The van der Waals surface area contributed by atoms with Gasteiger partial charge in [0.2, 0.25) is 0 Å². The Bertz CT molecular complexity index is 355. The maximum atomic E-state index is 11.1. The van der Waals surface area contributed by atoms with E-state index in [4.69, 9.17) is 16.3 Å². The van der Waals surface area contributed by atoms with Crippen molar-refractivity contribution in [1.29, 1.82) is 0 Å². The fourth-order valence-electron chi connectivity index (χ4n) is 1.34. The number of nitrogens with one attached hydrogen (secondary N) is 1. The van der Waals surface area contributed by atoms with E-state index in [2.05, 4.69) is 5.32 Å². The maximum Gasteiger partial charge on any atom is 0.319 e. The Morgan fingerprint density at radius 1 is 1.56 bits per heavy atom. The van der Waals surface area contributed by atoms with E-state index in [0.717, 1.165) is 5.56 Å².